The van der Waals surface area contributed by atoms with Gasteiger partial charge in [-0.15, -0.1) is 0 Å². The molecule has 74 valence electrons. The molecule has 1 saturated carbocycles. The molecule has 13 heavy (non-hydrogen) atoms. The number of ether oxygens (including phenoxy) is 1. The second-order valence-electron chi connectivity index (χ2n) is 4.68. The first-order valence-electron chi connectivity index (χ1n) is 4.98. The maximum absolute atomic E-state index is 11.8. The average Bonchev–Trinajstić information content (AvgIpc) is 2.76. The van der Waals surface area contributed by atoms with Gasteiger partial charge in [-0.05, 0) is 11.8 Å². The van der Waals surface area contributed by atoms with Crippen molar-refractivity contribution in [3.05, 3.63) is 0 Å². The molecule has 0 spiro atoms. The van der Waals surface area contributed by atoms with E-state index in [1.807, 2.05) is 4.90 Å². The lowest BCUT2D eigenvalue weighted by atomic mass is 10.1. The Morgan fingerprint density at radius 2 is 1.92 bits per heavy atom. The second-order valence-corrected chi connectivity index (χ2v) is 4.68. The van der Waals surface area contributed by atoms with Crippen molar-refractivity contribution in [1.29, 1.82) is 0 Å². The van der Waals surface area contributed by atoms with Crippen LogP contribution in [0.15, 0.2) is 0 Å². The van der Waals surface area contributed by atoms with Crippen LogP contribution in [0.4, 0.5) is 0 Å². The van der Waals surface area contributed by atoms with Crippen molar-refractivity contribution in [3.8, 4) is 0 Å². The van der Waals surface area contributed by atoms with E-state index in [2.05, 4.69) is 13.8 Å². The highest BCUT2D eigenvalue weighted by Gasteiger charge is 2.51. The lowest BCUT2D eigenvalue weighted by Gasteiger charge is -2.27. The summed E-state index contributed by atoms with van der Waals surface area (Å²) in [5.41, 5.74) is 0.259. The first kappa shape index (κ1) is 9.00. The van der Waals surface area contributed by atoms with Crippen LogP contribution in [0.2, 0.25) is 0 Å². The molecule has 1 aliphatic heterocycles. The summed E-state index contributed by atoms with van der Waals surface area (Å²) in [4.78, 5) is 13.8. The largest absolute Gasteiger partial charge is 0.378 e. The molecule has 1 amide bonds. The van der Waals surface area contributed by atoms with Gasteiger partial charge in [-0.1, -0.05) is 13.8 Å². The third-order valence-electron chi connectivity index (χ3n) is 3.13. The SMILES string of the molecule is CC1(C)CC1C(=O)N1CCOCC1. The van der Waals surface area contributed by atoms with Crippen molar-refractivity contribution >= 4 is 5.91 Å². The van der Waals surface area contributed by atoms with E-state index in [0.29, 0.717) is 19.1 Å². The Kier molecular flexibility index (Phi) is 2.06. The molecular weight excluding hydrogens is 166 g/mol. The van der Waals surface area contributed by atoms with Crippen LogP contribution in [0.1, 0.15) is 20.3 Å². The summed E-state index contributed by atoms with van der Waals surface area (Å²) >= 11 is 0. The average molecular weight is 183 g/mol. The van der Waals surface area contributed by atoms with Gasteiger partial charge in [0, 0.05) is 19.0 Å². The van der Waals surface area contributed by atoms with Crippen LogP contribution in [-0.4, -0.2) is 37.1 Å². The molecule has 1 atom stereocenters. The minimum Gasteiger partial charge on any atom is -0.378 e. The second kappa shape index (κ2) is 2.98. The van der Waals surface area contributed by atoms with E-state index < -0.39 is 0 Å². The van der Waals surface area contributed by atoms with Crippen molar-refractivity contribution in [2.24, 2.45) is 11.3 Å². The summed E-state index contributed by atoms with van der Waals surface area (Å²) in [5.74, 6) is 0.624. The number of hydrogen-bond acceptors (Lipinski definition) is 2. The highest BCUT2D eigenvalue weighted by molar-refractivity contribution is 5.82. The molecule has 0 aromatic rings. The molecule has 0 aromatic heterocycles. The number of carbonyl (C=O) groups is 1. The van der Waals surface area contributed by atoms with Crippen LogP contribution in [-0.2, 0) is 9.53 Å². The molecule has 0 N–H and O–H groups in total. The molecule has 1 heterocycles. The highest BCUT2D eigenvalue weighted by atomic mass is 16.5. The first-order chi connectivity index (χ1) is 6.11. The summed E-state index contributed by atoms with van der Waals surface area (Å²) in [6.45, 7) is 7.31. The van der Waals surface area contributed by atoms with Crippen LogP contribution in [0.5, 0.6) is 0 Å². The monoisotopic (exact) mass is 183 g/mol. The Labute approximate surface area is 79.0 Å². The number of rotatable bonds is 1. The molecule has 3 nitrogen and oxygen atoms in total. The third kappa shape index (κ3) is 1.70. The molecule has 1 saturated heterocycles. The van der Waals surface area contributed by atoms with Gasteiger partial charge in [0.15, 0.2) is 0 Å². The molecule has 1 unspecified atom stereocenters. The standard InChI is InChI=1S/C10H17NO2/c1-10(2)7-8(10)9(12)11-3-5-13-6-4-11/h8H,3-7H2,1-2H3. The summed E-state index contributed by atoms with van der Waals surface area (Å²) in [6.07, 6.45) is 1.06. The zero-order chi connectivity index (χ0) is 9.47. The van der Waals surface area contributed by atoms with Crippen LogP contribution < -0.4 is 0 Å². The predicted octanol–water partition coefficient (Wildman–Crippen LogP) is 0.891. The number of morpholine rings is 1. The zero-order valence-electron chi connectivity index (χ0n) is 8.38. The minimum atomic E-state index is 0.259. The Balaban J connectivity index is 1.90. The van der Waals surface area contributed by atoms with Crippen molar-refractivity contribution in [2.45, 2.75) is 20.3 Å². The van der Waals surface area contributed by atoms with Gasteiger partial charge < -0.3 is 9.64 Å². The van der Waals surface area contributed by atoms with Gasteiger partial charge in [0.25, 0.3) is 0 Å². The molecule has 0 radical (unpaired) electrons. The molecular formula is C10H17NO2. The fraction of sp³-hybridized carbons (Fsp3) is 0.900. The molecule has 1 aliphatic carbocycles. The lowest BCUT2D eigenvalue weighted by Crippen LogP contribution is -2.42. The van der Waals surface area contributed by atoms with Crippen LogP contribution >= 0.6 is 0 Å². The number of amides is 1. The van der Waals surface area contributed by atoms with Gasteiger partial charge in [0.2, 0.25) is 5.91 Å². The maximum atomic E-state index is 11.8. The quantitative estimate of drug-likeness (QED) is 0.604. The van der Waals surface area contributed by atoms with Crippen LogP contribution in [0, 0.1) is 11.3 Å². The molecule has 2 rings (SSSR count). The smallest absolute Gasteiger partial charge is 0.226 e. The summed E-state index contributed by atoms with van der Waals surface area (Å²) in [5, 5.41) is 0. The molecule has 2 fully saturated rings. The summed E-state index contributed by atoms with van der Waals surface area (Å²) < 4.78 is 5.21. The molecule has 3 heteroatoms. The Bertz CT molecular complexity index is 219. The van der Waals surface area contributed by atoms with E-state index in [-0.39, 0.29) is 11.3 Å². The van der Waals surface area contributed by atoms with Crippen molar-refractivity contribution in [2.75, 3.05) is 26.3 Å². The third-order valence-corrected chi connectivity index (χ3v) is 3.13. The Hall–Kier alpha value is -0.570. The first-order valence-corrected chi connectivity index (χ1v) is 4.98. The van der Waals surface area contributed by atoms with E-state index in [1.54, 1.807) is 0 Å². The van der Waals surface area contributed by atoms with Crippen molar-refractivity contribution < 1.29 is 9.53 Å². The number of carbonyl (C=O) groups excluding carboxylic acids is 1. The van der Waals surface area contributed by atoms with E-state index in [9.17, 15) is 4.79 Å². The Morgan fingerprint density at radius 3 is 2.38 bits per heavy atom. The van der Waals surface area contributed by atoms with E-state index in [0.717, 1.165) is 19.5 Å². The molecule has 0 aromatic carbocycles. The molecule has 2 aliphatic rings. The van der Waals surface area contributed by atoms with E-state index in [4.69, 9.17) is 4.74 Å². The minimum absolute atomic E-state index is 0.259. The Morgan fingerprint density at radius 1 is 1.38 bits per heavy atom. The van der Waals surface area contributed by atoms with Gasteiger partial charge in [-0.3, -0.25) is 4.79 Å². The summed E-state index contributed by atoms with van der Waals surface area (Å²) in [7, 11) is 0. The van der Waals surface area contributed by atoms with Crippen molar-refractivity contribution in [1.82, 2.24) is 4.90 Å². The highest BCUT2D eigenvalue weighted by Crippen LogP contribution is 2.52. The summed E-state index contributed by atoms with van der Waals surface area (Å²) in [6, 6.07) is 0. The van der Waals surface area contributed by atoms with Crippen molar-refractivity contribution in [3.63, 3.8) is 0 Å². The van der Waals surface area contributed by atoms with Crippen LogP contribution in [0.25, 0.3) is 0 Å². The van der Waals surface area contributed by atoms with Gasteiger partial charge in [-0.2, -0.15) is 0 Å². The van der Waals surface area contributed by atoms with Gasteiger partial charge in [-0.25, -0.2) is 0 Å². The number of nitrogens with zero attached hydrogens (tertiary/aromatic N) is 1. The lowest BCUT2D eigenvalue weighted by molar-refractivity contribution is -0.137. The predicted molar refractivity (Wildman–Crippen MR) is 49.3 cm³/mol. The van der Waals surface area contributed by atoms with E-state index in [1.165, 1.54) is 0 Å². The van der Waals surface area contributed by atoms with Gasteiger partial charge in [0.05, 0.1) is 13.2 Å². The maximum Gasteiger partial charge on any atom is 0.226 e. The van der Waals surface area contributed by atoms with Gasteiger partial charge >= 0.3 is 0 Å². The number of hydrogen-bond donors (Lipinski definition) is 0. The van der Waals surface area contributed by atoms with Crippen LogP contribution in [0.3, 0.4) is 0 Å². The van der Waals surface area contributed by atoms with Gasteiger partial charge in [0.1, 0.15) is 0 Å². The molecule has 0 bridgehead atoms. The fourth-order valence-electron chi connectivity index (χ4n) is 1.89. The fourth-order valence-corrected chi connectivity index (χ4v) is 1.89. The topological polar surface area (TPSA) is 29.5 Å². The normalized spacial score (nSPS) is 31.5. The van der Waals surface area contributed by atoms with E-state index >= 15 is 0 Å². The zero-order valence-corrected chi connectivity index (χ0v) is 8.38.